The third-order valence-corrected chi connectivity index (χ3v) is 3.54. The van der Waals surface area contributed by atoms with Crippen LogP contribution < -0.4 is 11.1 Å². The van der Waals surface area contributed by atoms with Crippen LogP contribution in [0, 0.1) is 20.8 Å². The molecule has 2 aromatic carbocycles. The van der Waals surface area contributed by atoms with Gasteiger partial charge in [-0.1, -0.05) is 23.7 Å². The van der Waals surface area contributed by atoms with Crippen LogP contribution >= 0.6 is 11.6 Å². The van der Waals surface area contributed by atoms with E-state index in [9.17, 15) is 4.79 Å². The van der Waals surface area contributed by atoms with Crippen LogP contribution in [-0.4, -0.2) is 5.91 Å². The van der Waals surface area contributed by atoms with E-state index in [-0.39, 0.29) is 5.91 Å². The molecule has 0 radical (unpaired) electrons. The minimum atomic E-state index is -0.208. The number of nitrogens with one attached hydrogen (secondary N) is 1. The summed E-state index contributed by atoms with van der Waals surface area (Å²) in [6.07, 6.45) is 0. The second kappa shape index (κ2) is 5.55. The first-order valence-corrected chi connectivity index (χ1v) is 6.70. The van der Waals surface area contributed by atoms with E-state index in [0.29, 0.717) is 22.0 Å². The number of carbonyl (C=O) groups excluding carboxylic acids is 1. The van der Waals surface area contributed by atoms with Crippen LogP contribution in [0.5, 0.6) is 0 Å². The molecule has 0 spiro atoms. The molecule has 0 fully saturated rings. The summed E-state index contributed by atoms with van der Waals surface area (Å²) in [5.74, 6) is -0.208. The van der Waals surface area contributed by atoms with Crippen molar-refractivity contribution in [2.75, 3.05) is 11.1 Å². The molecule has 0 unspecified atom stereocenters. The molecule has 0 bridgehead atoms. The Labute approximate surface area is 123 Å². The summed E-state index contributed by atoms with van der Waals surface area (Å²) >= 11 is 6.12. The Hall–Kier alpha value is -2.00. The molecule has 0 saturated carbocycles. The molecule has 3 N–H and O–H groups in total. The highest BCUT2D eigenvalue weighted by atomic mass is 35.5. The second-order valence-electron chi connectivity index (χ2n) is 4.96. The summed E-state index contributed by atoms with van der Waals surface area (Å²) in [5.41, 5.74) is 10.5. The molecule has 1 amide bonds. The fourth-order valence-corrected chi connectivity index (χ4v) is 2.31. The van der Waals surface area contributed by atoms with Crippen LogP contribution in [0.1, 0.15) is 27.0 Å². The lowest BCUT2D eigenvalue weighted by Gasteiger charge is -2.11. The van der Waals surface area contributed by atoms with Gasteiger partial charge in [-0.25, -0.2) is 0 Å². The second-order valence-corrected chi connectivity index (χ2v) is 5.37. The Balaban J connectivity index is 2.31. The van der Waals surface area contributed by atoms with Crippen LogP contribution in [0.15, 0.2) is 30.3 Å². The predicted molar refractivity (Wildman–Crippen MR) is 84.5 cm³/mol. The SMILES string of the molecule is Cc1ccc(NC(=O)c2cc(N)c(C)cc2C)c(Cl)c1. The van der Waals surface area contributed by atoms with Crippen LogP contribution in [-0.2, 0) is 0 Å². The zero-order valence-corrected chi connectivity index (χ0v) is 12.5. The number of rotatable bonds is 2. The molecular formula is C16H17ClN2O. The number of benzene rings is 2. The van der Waals surface area contributed by atoms with Crippen LogP contribution in [0.25, 0.3) is 0 Å². The summed E-state index contributed by atoms with van der Waals surface area (Å²) in [6.45, 7) is 5.75. The number of carbonyl (C=O) groups is 1. The van der Waals surface area contributed by atoms with Crippen molar-refractivity contribution in [2.24, 2.45) is 0 Å². The molecule has 0 aliphatic heterocycles. The lowest BCUT2D eigenvalue weighted by molar-refractivity contribution is 0.102. The molecule has 2 rings (SSSR count). The monoisotopic (exact) mass is 288 g/mol. The number of anilines is 2. The molecular weight excluding hydrogens is 272 g/mol. The molecule has 0 aliphatic rings. The lowest BCUT2D eigenvalue weighted by Crippen LogP contribution is -2.14. The number of hydrogen-bond donors (Lipinski definition) is 2. The number of amides is 1. The highest BCUT2D eigenvalue weighted by Gasteiger charge is 2.12. The van der Waals surface area contributed by atoms with Crippen molar-refractivity contribution in [1.29, 1.82) is 0 Å². The summed E-state index contributed by atoms with van der Waals surface area (Å²) in [4.78, 5) is 12.3. The fraction of sp³-hybridized carbons (Fsp3) is 0.188. The molecule has 0 heterocycles. The smallest absolute Gasteiger partial charge is 0.256 e. The van der Waals surface area contributed by atoms with Gasteiger partial charge in [0.25, 0.3) is 5.91 Å². The molecule has 0 aliphatic carbocycles. The van der Waals surface area contributed by atoms with Gasteiger partial charge in [0, 0.05) is 11.3 Å². The zero-order chi connectivity index (χ0) is 14.9. The molecule has 0 atom stereocenters. The Morgan fingerprint density at radius 2 is 1.80 bits per heavy atom. The molecule has 20 heavy (non-hydrogen) atoms. The van der Waals surface area contributed by atoms with Crippen molar-refractivity contribution in [3.8, 4) is 0 Å². The van der Waals surface area contributed by atoms with E-state index in [1.807, 2.05) is 39.0 Å². The summed E-state index contributed by atoms with van der Waals surface area (Å²) in [5, 5.41) is 3.34. The van der Waals surface area contributed by atoms with Crippen molar-refractivity contribution in [1.82, 2.24) is 0 Å². The maximum Gasteiger partial charge on any atom is 0.256 e. The normalized spacial score (nSPS) is 10.4. The van der Waals surface area contributed by atoms with Gasteiger partial charge in [0.1, 0.15) is 0 Å². The van der Waals surface area contributed by atoms with Gasteiger partial charge in [0.2, 0.25) is 0 Å². The molecule has 2 aromatic rings. The van der Waals surface area contributed by atoms with Gasteiger partial charge in [-0.15, -0.1) is 0 Å². The maximum atomic E-state index is 12.3. The first-order chi connectivity index (χ1) is 9.38. The van der Waals surface area contributed by atoms with Gasteiger partial charge in [-0.2, -0.15) is 0 Å². The average molecular weight is 289 g/mol. The first-order valence-electron chi connectivity index (χ1n) is 6.32. The van der Waals surface area contributed by atoms with Gasteiger partial charge in [-0.05, 0) is 55.7 Å². The van der Waals surface area contributed by atoms with Gasteiger partial charge < -0.3 is 11.1 Å². The van der Waals surface area contributed by atoms with E-state index in [1.165, 1.54) is 0 Å². The van der Waals surface area contributed by atoms with Gasteiger partial charge in [0.05, 0.1) is 10.7 Å². The Morgan fingerprint density at radius 1 is 1.10 bits per heavy atom. The van der Waals surface area contributed by atoms with E-state index < -0.39 is 0 Å². The largest absolute Gasteiger partial charge is 0.398 e. The van der Waals surface area contributed by atoms with E-state index >= 15 is 0 Å². The fourth-order valence-electron chi connectivity index (χ4n) is 2.02. The predicted octanol–water partition coefficient (Wildman–Crippen LogP) is 4.10. The molecule has 104 valence electrons. The summed E-state index contributed by atoms with van der Waals surface area (Å²) in [7, 11) is 0. The number of halogens is 1. The first kappa shape index (κ1) is 14.4. The van der Waals surface area contributed by atoms with Crippen LogP contribution in [0.2, 0.25) is 5.02 Å². The molecule has 0 aromatic heterocycles. The zero-order valence-electron chi connectivity index (χ0n) is 11.8. The van der Waals surface area contributed by atoms with E-state index in [1.54, 1.807) is 12.1 Å². The highest BCUT2D eigenvalue weighted by Crippen LogP contribution is 2.24. The third-order valence-electron chi connectivity index (χ3n) is 3.23. The topological polar surface area (TPSA) is 55.1 Å². The van der Waals surface area contributed by atoms with E-state index in [2.05, 4.69) is 5.32 Å². The number of nitrogens with two attached hydrogens (primary N) is 1. The van der Waals surface area contributed by atoms with Crippen molar-refractivity contribution < 1.29 is 4.79 Å². The third kappa shape index (κ3) is 2.94. The van der Waals surface area contributed by atoms with E-state index in [4.69, 9.17) is 17.3 Å². The summed E-state index contributed by atoms with van der Waals surface area (Å²) < 4.78 is 0. The average Bonchev–Trinajstić information content (AvgIpc) is 2.37. The Kier molecular flexibility index (Phi) is 4.00. The van der Waals surface area contributed by atoms with Crippen molar-refractivity contribution >= 4 is 28.9 Å². The van der Waals surface area contributed by atoms with Crippen molar-refractivity contribution in [2.45, 2.75) is 20.8 Å². The maximum absolute atomic E-state index is 12.3. The highest BCUT2D eigenvalue weighted by molar-refractivity contribution is 6.34. The van der Waals surface area contributed by atoms with Crippen molar-refractivity contribution in [3.63, 3.8) is 0 Å². The standard InChI is InChI=1S/C16H17ClN2O/c1-9-4-5-15(13(17)6-9)19-16(20)12-8-14(18)11(3)7-10(12)2/h4-8H,18H2,1-3H3,(H,19,20). The number of hydrogen-bond acceptors (Lipinski definition) is 2. The number of nitrogen functional groups attached to an aromatic ring is 1. The number of aryl methyl sites for hydroxylation is 3. The Bertz CT molecular complexity index is 680. The quantitative estimate of drug-likeness (QED) is 0.818. The van der Waals surface area contributed by atoms with Gasteiger partial charge in [0.15, 0.2) is 0 Å². The Morgan fingerprint density at radius 3 is 2.45 bits per heavy atom. The van der Waals surface area contributed by atoms with Gasteiger partial charge >= 0.3 is 0 Å². The van der Waals surface area contributed by atoms with Crippen LogP contribution in [0.4, 0.5) is 11.4 Å². The van der Waals surface area contributed by atoms with E-state index in [0.717, 1.165) is 16.7 Å². The van der Waals surface area contributed by atoms with Crippen molar-refractivity contribution in [3.05, 3.63) is 57.6 Å². The molecule has 3 nitrogen and oxygen atoms in total. The molecule has 0 saturated heterocycles. The minimum absolute atomic E-state index is 0.208. The van der Waals surface area contributed by atoms with Crippen LogP contribution in [0.3, 0.4) is 0 Å². The van der Waals surface area contributed by atoms with Gasteiger partial charge in [-0.3, -0.25) is 4.79 Å². The minimum Gasteiger partial charge on any atom is -0.398 e. The lowest BCUT2D eigenvalue weighted by atomic mass is 10.0. The molecule has 4 heteroatoms. The summed E-state index contributed by atoms with van der Waals surface area (Å²) in [6, 6.07) is 9.11.